The number of aliphatic hydroxyl groups excluding tert-OH is 3. The summed E-state index contributed by atoms with van der Waals surface area (Å²) in [6.45, 7) is 5.22. The van der Waals surface area contributed by atoms with Crippen molar-refractivity contribution in [2.75, 3.05) is 6.61 Å². The summed E-state index contributed by atoms with van der Waals surface area (Å²) in [7, 11) is -4.55. The van der Waals surface area contributed by atoms with E-state index in [0.717, 1.165) is 12.8 Å². The molecule has 0 spiro atoms. The third kappa shape index (κ3) is 7.72. The molecule has 3 aromatic carbocycles. The molecule has 11 rings (SSSR count). The van der Waals surface area contributed by atoms with Gasteiger partial charge >= 0.3 is 5.97 Å². The summed E-state index contributed by atoms with van der Waals surface area (Å²) in [5.41, 5.74) is 4.25. The SMILES string of the molecule is CCC1=CC(O)C(O)C(Oc2c(C(=O)O)c3c4c5c(cc(Cc6ccc(CS(=O)(=O)O)c7c6OCC7=O)cc25)=C(C(=O)C2C=CCCC2)C2=CC(C(=O)C5CCC(O)C(C)C5)=C5C=COC(=C5C24)C=3CC)O1. The van der Waals surface area contributed by atoms with Crippen LogP contribution in [0.2, 0.25) is 0 Å². The molecular formula is C56H54O15S. The largest absolute Gasteiger partial charge is 0.484 e. The molecule has 1 fully saturated rings. The molecule has 5 aliphatic carbocycles. The molecule has 15 nitrogen and oxygen atoms in total. The highest BCUT2D eigenvalue weighted by Crippen LogP contribution is 2.55. The number of carbonyl (C=O) groups excluding carboxylic acids is 3. The molecule has 72 heavy (non-hydrogen) atoms. The Kier molecular flexibility index (Phi) is 11.9. The molecule has 8 aliphatic rings. The molecule has 3 aliphatic heterocycles. The highest BCUT2D eigenvalue weighted by molar-refractivity contribution is 7.85. The molecule has 1 saturated carbocycles. The maximum atomic E-state index is 15.8. The van der Waals surface area contributed by atoms with Crippen molar-refractivity contribution < 1.29 is 71.5 Å². The number of carbonyl (C=O) groups is 4. The van der Waals surface area contributed by atoms with Gasteiger partial charge in [-0.3, -0.25) is 18.9 Å². The van der Waals surface area contributed by atoms with Crippen LogP contribution < -0.4 is 19.9 Å². The van der Waals surface area contributed by atoms with Gasteiger partial charge in [-0.1, -0.05) is 51.1 Å². The van der Waals surface area contributed by atoms with Gasteiger partial charge < -0.3 is 39.4 Å². The molecule has 0 aromatic heterocycles. The van der Waals surface area contributed by atoms with Crippen LogP contribution in [0.25, 0.3) is 21.9 Å². The number of aromatic carboxylic acids is 1. The van der Waals surface area contributed by atoms with Crippen LogP contribution in [0.1, 0.15) is 121 Å². The molecule has 16 heteroatoms. The molecule has 0 radical (unpaired) electrons. The first-order chi connectivity index (χ1) is 34.5. The van der Waals surface area contributed by atoms with Crippen molar-refractivity contribution in [3.8, 4) is 11.5 Å². The van der Waals surface area contributed by atoms with Crippen molar-refractivity contribution in [1.82, 2.24) is 0 Å². The molecule has 0 bridgehead atoms. The minimum Gasteiger partial charge on any atom is -0.484 e. The van der Waals surface area contributed by atoms with E-state index in [4.69, 9.17) is 18.9 Å². The van der Waals surface area contributed by atoms with E-state index in [1.807, 2.05) is 38.1 Å². The first-order valence-electron chi connectivity index (χ1n) is 24.7. The molecule has 0 saturated heterocycles. The van der Waals surface area contributed by atoms with Crippen molar-refractivity contribution in [3.63, 3.8) is 0 Å². The summed E-state index contributed by atoms with van der Waals surface area (Å²) in [6.07, 6.45) is 9.15. The highest BCUT2D eigenvalue weighted by Gasteiger charge is 2.48. The van der Waals surface area contributed by atoms with E-state index >= 15 is 9.59 Å². The van der Waals surface area contributed by atoms with E-state index in [2.05, 4.69) is 0 Å². The topological polar surface area (TPSA) is 240 Å². The zero-order valence-electron chi connectivity index (χ0n) is 39.9. The van der Waals surface area contributed by atoms with Gasteiger partial charge in [-0.25, -0.2) is 4.79 Å². The number of benzene rings is 3. The van der Waals surface area contributed by atoms with Gasteiger partial charge in [-0.05, 0) is 119 Å². The van der Waals surface area contributed by atoms with Crippen LogP contribution in [0, 0.1) is 17.8 Å². The lowest BCUT2D eigenvalue weighted by molar-refractivity contribution is -0.160. The predicted molar refractivity (Wildman–Crippen MR) is 262 cm³/mol. The summed E-state index contributed by atoms with van der Waals surface area (Å²) in [5.74, 6) is -4.36. The number of allylic oxidation sites excluding steroid dienone is 10. The fourth-order valence-corrected chi connectivity index (χ4v) is 13.0. The standard InChI is InChI=1S/C56H54O15S/c1-4-31-21-39(58)51(62)56(70-31)71-54-37-20-26(18-29-11-12-30(24-72(65,66)67)41-40(59)23-69-52(29)41)19-35-42(37)47-44(48(54)55(63)64)32(5-2)53-46-33(15-16-68-53)34(49(60)28-13-14-38(57)25(3)17-28)22-36(45(46)47)43(35)50(61)27-9-7-6-8-10-27/h7,9,11-12,15-16,19-22,25,27-28,38-39,45,51,56-58,62H,4-6,8,10,13-14,17-18,23-24H2,1-3H3,(H,63,64)(H,65,66,67). The normalized spacial score (nSPS) is 27.0. The second kappa shape index (κ2) is 17.9. The Labute approximate surface area is 414 Å². The Morgan fingerprint density at radius 3 is 2.49 bits per heavy atom. The summed E-state index contributed by atoms with van der Waals surface area (Å²) >= 11 is 0. The minimum absolute atomic E-state index is 0.000672. The van der Waals surface area contributed by atoms with Crippen LogP contribution in [-0.4, -0.2) is 87.9 Å². The maximum absolute atomic E-state index is 15.8. The zero-order chi connectivity index (χ0) is 50.7. The average Bonchev–Trinajstić information content (AvgIpc) is 3.76. The third-order valence-electron chi connectivity index (χ3n) is 15.7. The van der Waals surface area contributed by atoms with E-state index in [1.165, 1.54) is 18.4 Å². The van der Waals surface area contributed by atoms with Crippen molar-refractivity contribution >= 4 is 55.4 Å². The molecule has 0 amide bonds. The number of ketones is 3. The van der Waals surface area contributed by atoms with E-state index < -0.39 is 70.0 Å². The minimum atomic E-state index is -4.55. The number of Topliss-reactive ketones (excluding diaryl/α,β-unsaturated/α-hetero) is 3. The first kappa shape index (κ1) is 47.9. The summed E-state index contributed by atoms with van der Waals surface area (Å²) in [4.78, 5) is 58.4. The molecule has 3 aromatic rings. The molecule has 5 N–H and O–H groups in total. The third-order valence-corrected chi connectivity index (χ3v) is 16.4. The monoisotopic (exact) mass is 998 g/mol. The number of carboxylic acids is 1. The van der Waals surface area contributed by atoms with Gasteiger partial charge in [0.25, 0.3) is 16.4 Å². The second-order valence-electron chi connectivity index (χ2n) is 20.1. The highest BCUT2D eigenvalue weighted by atomic mass is 32.2. The van der Waals surface area contributed by atoms with Gasteiger partial charge in [0.15, 0.2) is 24.3 Å². The van der Waals surface area contributed by atoms with Crippen LogP contribution in [0.15, 0.2) is 94.7 Å². The smallest absolute Gasteiger partial charge is 0.340 e. The lowest BCUT2D eigenvalue weighted by Crippen LogP contribution is -2.46. The molecule has 8 atom stereocenters. The van der Waals surface area contributed by atoms with Crippen molar-refractivity contribution in [2.24, 2.45) is 17.8 Å². The van der Waals surface area contributed by atoms with Crippen LogP contribution in [0.4, 0.5) is 0 Å². The number of fused-ring (bicyclic) bond motifs is 1. The number of hydrogen-bond donors (Lipinski definition) is 5. The first-order valence-corrected chi connectivity index (χ1v) is 26.3. The van der Waals surface area contributed by atoms with Gasteiger partial charge in [-0.15, -0.1) is 0 Å². The number of carboxylic acid groups (broad SMARTS) is 1. The van der Waals surface area contributed by atoms with Gasteiger partial charge in [0.2, 0.25) is 5.78 Å². The van der Waals surface area contributed by atoms with Crippen molar-refractivity contribution in [3.05, 3.63) is 139 Å². The summed E-state index contributed by atoms with van der Waals surface area (Å²) in [6, 6.07) is 6.62. The van der Waals surface area contributed by atoms with E-state index in [-0.39, 0.29) is 75.7 Å². The van der Waals surface area contributed by atoms with Crippen LogP contribution in [-0.2, 0) is 41.4 Å². The fraction of sp³-hybridized carbons (Fsp3) is 0.393. The van der Waals surface area contributed by atoms with Gasteiger partial charge in [0, 0.05) is 63.5 Å². The molecule has 3 heterocycles. The molecule has 374 valence electrons. The average molecular weight is 999 g/mol. The molecule has 8 unspecified atom stereocenters. The van der Waals surface area contributed by atoms with Crippen LogP contribution >= 0.6 is 0 Å². The van der Waals surface area contributed by atoms with Crippen LogP contribution in [0.5, 0.6) is 11.5 Å². The lowest BCUT2D eigenvalue weighted by Gasteiger charge is -2.42. The maximum Gasteiger partial charge on any atom is 0.340 e. The Bertz CT molecular complexity index is 3420. The van der Waals surface area contributed by atoms with Gasteiger partial charge in [-0.2, -0.15) is 8.42 Å². The Morgan fingerprint density at radius 2 is 1.78 bits per heavy atom. The summed E-state index contributed by atoms with van der Waals surface area (Å²) in [5, 5.41) is 46.2. The Hall–Kier alpha value is -6.43. The number of hydrogen-bond acceptors (Lipinski definition) is 13. The Balaban J connectivity index is 1.26. The van der Waals surface area contributed by atoms with E-state index in [9.17, 15) is 43.0 Å². The Morgan fingerprint density at radius 1 is 0.986 bits per heavy atom. The van der Waals surface area contributed by atoms with E-state index in [1.54, 1.807) is 25.1 Å². The second-order valence-corrected chi connectivity index (χ2v) is 21.6. The van der Waals surface area contributed by atoms with Gasteiger partial charge in [0.1, 0.15) is 34.7 Å². The molecular weight excluding hydrogens is 945 g/mol. The van der Waals surface area contributed by atoms with Gasteiger partial charge in [0.05, 0.1) is 23.7 Å². The zero-order valence-corrected chi connectivity index (χ0v) is 40.7. The van der Waals surface area contributed by atoms with Crippen LogP contribution in [0.3, 0.4) is 0 Å². The van der Waals surface area contributed by atoms with E-state index in [0.29, 0.717) is 104 Å². The lowest BCUT2D eigenvalue weighted by atomic mass is 9.62. The quantitative estimate of drug-likeness (QED) is 0.0976. The fourth-order valence-electron chi connectivity index (χ4n) is 12.4. The summed E-state index contributed by atoms with van der Waals surface area (Å²) < 4.78 is 59.1. The predicted octanol–water partition coefficient (Wildman–Crippen LogP) is 5.99. The van der Waals surface area contributed by atoms with Crippen molar-refractivity contribution in [1.29, 1.82) is 0 Å². The number of aliphatic hydroxyl groups is 3. The number of rotatable bonds is 13. The number of ether oxygens (including phenoxy) is 4. The van der Waals surface area contributed by atoms with Crippen molar-refractivity contribution in [2.45, 2.75) is 115 Å².